The number of nitrogens with one attached hydrogen (secondary N) is 2. The van der Waals surface area contributed by atoms with Crippen molar-refractivity contribution < 1.29 is 0 Å². The van der Waals surface area contributed by atoms with Crippen LogP contribution in [0.25, 0.3) is 5.65 Å². The third-order valence-corrected chi connectivity index (χ3v) is 4.49. The lowest BCUT2D eigenvalue weighted by Gasteiger charge is -2.33. The van der Waals surface area contributed by atoms with Crippen molar-refractivity contribution >= 4 is 11.5 Å². The molecule has 0 amide bonds. The molecular weight excluding hydrogens is 304 g/mol. The van der Waals surface area contributed by atoms with Crippen molar-refractivity contribution in [1.29, 1.82) is 0 Å². The smallest absolute Gasteiger partial charge is 0.290 e. The van der Waals surface area contributed by atoms with Gasteiger partial charge >= 0.3 is 0 Å². The number of pyridine rings is 1. The minimum atomic E-state index is -0.124. The van der Waals surface area contributed by atoms with Crippen LogP contribution in [0.15, 0.2) is 47.8 Å². The molecule has 1 atom stereocenters. The molecule has 0 aliphatic carbocycles. The number of H-pyrrole nitrogens is 1. The number of aromatic amines is 1. The fourth-order valence-corrected chi connectivity index (χ4v) is 3.31. The summed E-state index contributed by atoms with van der Waals surface area (Å²) >= 11 is 0. The average Bonchev–Trinajstić information content (AvgIpc) is 3.10. The van der Waals surface area contributed by atoms with Crippen LogP contribution in [0.4, 0.5) is 5.82 Å². The van der Waals surface area contributed by atoms with E-state index in [4.69, 9.17) is 0 Å². The van der Waals surface area contributed by atoms with Gasteiger partial charge in [-0.15, -0.1) is 0 Å². The zero-order valence-corrected chi connectivity index (χ0v) is 13.4. The second kappa shape index (κ2) is 6.45. The molecule has 7 heteroatoms. The van der Waals surface area contributed by atoms with Crippen LogP contribution in [-0.2, 0) is 6.54 Å². The highest BCUT2D eigenvalue weighted by Gasteiger charge is 2.22. The summed E-state index contributed by atoms with van der Waals surface area (Å²) in [5, 5.41) is 3.61. The second-order valence-corrected chi connectivity index (χ2v) is 6.08. The maximum atomic E-state index is 11.9. The zero-order chi connectivity index (χ0) is 16.4. The number of nitrogens with zero attached hydrogens (tertiary/aromatic N) is 4. The molecule has 7 nitrogen and oxygen atoms in total. The molecule has 124 valence electrons. The number of piperidine rings is 1. The van der Waals surface area contributed by atoms with Gasteiger partial charge in [-0.3, -0.25) is 4.79 Å². The molecule has 0 aromatic carbocycles. The van der Waals surface area contributed by atoms with Gasteiger partial charge in [-0.25, -0.2) is 9.97 Å². The highest BCUT2D eigenvalue weighted by Crippen LogP contribution is 2.15. The summed E-state index contributed by atoms with van der Waals surface area (Å²) in [4.78, 5) is 25.2. The Morgan fingerprint density at radius 3 is 3.17 bits per heavy atom. The van der Waals surface area contributed by atoms with E-state index in [1.165, 1.54) is 5.69 Å². The molecule has 1 fully saturated rings. The maximum absolute atomic E-state index is 11.9. The monoisotopic (exact) mass is 324 g/mol. The Bertz CT molecular complexity index is 886. The number of imidazole rings is 1. The summed E-state index contributed by atoms with van der Waals surface area (Å²) in [7, 11) is 0. The molecule has 1 saturated heterocycles. The summed E-state index contributed by atoms with van der Waals surface area (Å²) in [6.45, 7) is 2.43. The van der Waals surface area contributed by atoms with Gasteiger partial charge in [0.15, 0.2) is 5.82 Å². The van der Waals surface area contributed by atoms with E-state index < -0.39 is 0 Å². The lowest BCUT2D eigenvalue weighted by Crippen LogP contribution is -2.47. The third kappa shape index (κ3) is 2.90. The maximum Gasteiger partial charge on any atom is 0.290 e. The summed E-state index contributed by atoms with van der Waals surface area (Å²) in [5.41, 5.74) is 2.01. The van der Waals surface area contributed by atoms with Crippen LogP contribution < -0.4 is 15.8 Å². The molecule has 3 aromatic heterocycles. The number of rotatable bonds is 4. The van der Waals surface area contributed by atoms with Crippen molar-refractivity contribution in [2.24, 2.45) is 0 Å². The van der Waals surface area contributed by atoms with E-state index in [1.54, 1.807) is 12.4 Å². The van der Waals surface area contributed by atoms with Crippen LogP contribution in [-0.4, -0.2) is 38.5 Å². The van der Waals surface area contributed by atoms with Gasteiger partial charge in [0.05, 0.1) is 0 Å². The SMILES string of the molecule is O=c1[nH]ccnc1N1CCC[C@@H](NCc2cccc3nccn23)C1. The molecule has 1 aliphatic heterocycles. The molecule has 0 unspecified atom stereocenters. The molecule has 3 aromatic rings. The van der Waals surface area contributed by atoms with Crippen LogP contribution in [0, 0.1) is 0 Å². The zero-order valence-electron chi connectivity index (χ0n) is 13.4. The summed E-state index contributed by atoms with van der Waals surface area (Å²) in [5.74, 6) is 0.515. The quantitative estimate of drug-likeness (QED) is 0.753. The van der Waals surface area contributed by atoms with E-state index >= 15 is 0 Å². The summed E-state index contributed by atoms with van der Waals surface area (Å²) in [6, 6.07) is 6.46. The van der Waals surface area contributed by atoms with Crippen LogP contribution in [0.3, 0.4) is 0 Å². The van der Waals surface area contributed by atoms with Crippen molar-refractivity contribution in [1.82, 2.24) is 24.7 Å². The fourth-order valence-electron chi connectivity index (χ4n) is 3.31. The minimum absolute atomic E-state index is 0.124. The Hall–Kier alpha value is -2.67. The molecular formula is C17H20N6O. The van der Waals surface area contributed by atoms with E-state index in [0.29, 0.717) is 11.9 Å². The second-order valence-electron chi connectivity index (χ2n) is 6.08. The van der Waals surface area contributed by atoms with Gasteiger partial charge in [-0.1, -0.05) is 6.07 Å². The molecule has 1 aliphatic rings. The van der Waals surface area contributed by atoms with Crippen molar-refractivity contribution in [2.45, 2.75) is 25.4 Å². The topological polar surface area (TPSA) is 78.3 Å². The first kappa shape index (κ1) is 14.9. The van der Waals surface area contributed by atoms with Gasteiger partial charge in [0.25, 0.3) is 5.56 Å². The van der Waals surface area contributed by atoms with Gasteiger partial charge in [-0.05, 0) is 25.0 Å². The van der Waals surface area contributed by atoms with Crippen LogP contribution in [0.2, 0.25) is 0 Å². The molecule has 4 rings (SSSR count). The first-order chi connectivity index (χ1) is 11.8. The Morgan fingerprint density at radius 2 is 2.25 bits per heavy atom. The highest BCUT2D eigenvalue weighted by molar-refractivity contribution is 5.40. The normalized spacial score (nSPS) is 18.2. The van der Waals surface area contributed by atoms with E-state index in [0.717, 1.165) is 38.1 Å². The predicted molar refractivity (Wildman–Crippen MR) is 92.1 cm³/mol. The van der Waals surface area contributed by atoms with Crippen molar-refractivity contribution in [3.8, 4) is 0 Å². The lowest BCUT2D eigenvalue weighted by molar-refractivity contribution is 0.416. The van der Waals surface area contributed by atoms with Crippen LogP contribution >= 0.6 is 0 Å². The Kier molecular flexibility index (Phi) is 4.00. The number of aromatic nitrogens is 4. The Balaban J connectivity index is 1.45. The van der Waals surface area contributed by atoms with E-state index in [2.05, 4.69) is 35.6 Å². The van der Waals surface area contributed by atoms with E-state index in [1.807, 2.05) is 24.5 Å². The number of anilines is 1. The number of hydrogen-bond donors (Lipinski definition) is 2. The predicted octanol–water partition coefficient (Wildman–Crippen LogP) is 1.18. The van der Waals surface area contributed by atoms with Gasteiger partial charge < -0.3 is 19.6 Å². The Morgan fingerprint density at radius 1 is 1.29 bits per heavy atom. The van der Waals surface area contributed by atoms with Gasteiger partial charge in [0.1, 0.15) is 5.65 Å². The number of hydrogen-bond acceptors (Lipinski definition) is 5. The summed E-state index contributed by atoms with van der Waals surface area (Å²) < 4.78 is 2.09. The van der Waals surface area contributed by atoms with Gasteiger partial charge in [-0.2, -0.15) is 0 Å². The van der Waals surface area contributed by atoms with Gasteiger partial charge in [0, 0.05) is 56.2 Å². The summed E-state index contributed by atoms with van der Waals surface area (Å²) in [6.07, 6.45) is 9.14. The Labute approximate surface area is 139 Å². The number of fused-ring (bicyclic) bond motifs is 1. The average molecular weight is 324 g/mol. The van der Waals surface area contributed by atoms with Gasteiger partial charge in [0.2, 0.25) is 0 Å². The molecule has 0 spiro atoms. The van der Waals surface area contributed by atoms with Crippen LogP contribution in [0.5, 0.6) is 0 Å². The highest BCUT2D eigenvalue weighted by atomic mass is 16.1. The fraction of sp³-hybridized carbons (Fsp3) is 0.353. The standard InChI is InChI=1S/C17H20N6O/c24-17-16(19-6-7-20-17)22-9-2-3-13(12-22)21-11-14-4-1-5-15-18-8-10-23(14)15/h1,4-8,10,13,21H,2-3,9,11-12H2,(H,20,24)/t13-/m1/s1. The van der Waals surface area contributed by atoms with E-state index in [9.17, 15) is 4.79 Å². The van der Waals surface area contributed by atoms with Crippen molar-refractivity contribution in [2.75, 3.05) is 18.0 Å². The van der Waals surface area contributed by atoms with Crippen molar-refractivity contribution in [3.63, 3.8) is 0 Å². The minimum Gasteiger partial charge on any atom is -0.350 e. The molecule has 24 heavy (non-hydrogen) atoms. The first-order valence-electron chi connectivity index (χ1n) is 8.24. The lowest BCUT2D eigenvalue weighted by atomic mass is 10.1. The largest absolute Gasteiger partial charge is 0.350 e. The van der Waals surface area contributed by atoms with Crippen LogP contribution in [0.1, 0.15) is 18.5 Å². The molecule has 2 N–H and O–H groups in total. The molecule has 0 saturated carbocycles. The first-order valence-corrected chi connectivity index (χ1v) is 8.24. The molecule has 0 radical (unpaired) electrons. The third-order valence-electron chi connectivity index (χ3n) is 4.49. The van der Waals surface area contributed by atoms with E-state index in [-0.39, 0.29) is 5.56 Å². The molecule has 4 heterocycles. The van der Waals surface area contributed by atoms with Crippen molar-refractivity contribution in [3.05, 3.63) is 59.0 Å². The molecule has 0 bridgehead atoms.